The molecule has 3 N–H and O–H groups in total. The fraction of sp³-hybridized carbons (Fsp3) is 0.533. The number of aromatic hydroxyl groups is 1. The van der Waals surface area contributed by atoms with Crippen molar-refractivity contribution in [3.8, 4) is 5.75 Å². The third-order valence-corrected chi connectivity index (χ3v) is 3.64. The molecule has 2 unspecified atom stereocenters. The van der Waals surface area contributed by atoms with Gasteiger partial charge in [-0.15, -0.1) is 0 Å². The number of hydrogen-bond acceptors (Lipinski definition) is 3. The lowest BCUT2D eigenvalue weighted by molar-refractivity contribution is -0.122. The fourth-order valence-electron chi connectivity index (χ4n) is 2.66. The summed E-state index contributed by atoms with van der Waals surface area (Å²) in [6.07, 6.45) is 3.15. The highest BCUT2D eigenvalue weighted by Gasteiger charge is 2.23. The van der Waals surface area contributed by atoms with Crippen LogP contribution < -0.4 is 10.6 Å². The minimum atomic E-state index is -0.224. The molecular weight excluding hydrogens is 240 g/mol. The third kappa shape index (κ3) is 3.26. The van der Waals surface area contributed by atoms with E-state index in [4.69, 9.17) is 0 Å². The van der Waals surface area contributed by atoms with Gasteiger partial charge in [-0.25, -0.2) is 0 Å². The Labute approximate surface area is 114 Å². The summed E-state index contributed by atoms with van der Waals surface area (Å²) in [6, 6.07) is 5.45. The molecule has 0 aromatic heterocycles. The summed E-state index contributed by atoms with van der Waals surface area (Å²) in [5.74, 6) is 0.313. The average Bonchev–Trinajstić information content (AvgIpc) is 2.39. The van der Waals surface area contributed by atoms with Crippen molar-refractivity contribution in [1.82, 2.24) is 10.6 Å². The van der Waals surface area contributed by atoms with Crippen molar-refractivity contribution in [2.45, 2.75) is 45.2 Å². The number of aryl methyl sites for hydroxylation is 1. The normalized spacial score (nSPS) is 19.6. The number of carbonyl (C=O) groups excluding carboxylic acids is 1. The van der Waals surface area contributed by atoms with E-state index < -0.39 is 0 Å². The van der Waals surface area contributed by atoms with E-state index in [1.54, 1.807) is 6.07 Å². The Morgan fingerprint density at radius 3 is 3.05 bits per heavy atom. The van der Waals surface area contributed by atoms with Gasteiger partial charge in [0.1, 0.15) is 5.75 Å². The first kappa shape index (κ1) is 13.9. The lowest BCUT2D eigenvalue weighted by atomic mass is 9.87. The average molecular weight is 262 g/mol. The van der Waals surface area contributed by atoms with Crippen molar-refractivity contribution >= 4 is 5.91 Å². The maximum absolute atomic E-state index is 11.8. The van der Waals surface area contributed by atoms with Gasteiger partial charge in [0, 0.05) is 12.6 Å². The number of fused-ring (bicyclic) bond motifs is 1. The molecule has 0 heterocycles. The van der Waals surface area contributed by atoms with Gasteiger partial charge in [-0.3, -0.25) is 10.1 Å². The van der Waals surface area contributed by atoms with Crippen LogP contribution in [0.25, 0.3) is 0 Å². The summed E-state index contributed by atoms with van der Waals surface area (Å²) in [5.41, 5.74) is 2.40. The zero-order chi connectivity index (χ0) is 13.8. The summed E-state index contributed by atoms with van der Waals surface area (Å²) in [5, 5.41) is 15.8. The van der Waals surface area contributed by atoms with E-state index in [9.17, 15) is 9.90 Å². The molecule has 0 saturated heterocycles. The van der Waals surface area contributed by atoms with Gasteiger partial charge in [0.25, 0.3) is 0 Å². The number of phenols is 1. The molecule has 0 fully saturated rings. The zero-order valence-corrected chi connectivity index (χ0v) is 11.6. The highest BCUT2D eigenvalue weighted by Crippen LogP contribution is 2.32. The summed E-state index contributed by atoms with van der Waals surface area (Å²) >= 11 is 0. The fourth-order valence-corrected chi connectivity index (χ4v) is 2.66. The highest BCUT2D eigenvalue weighted by atomic mass is 16.3. The first-order valence-corrected chi connectivity index (χ1v) is 6.97. The Hall–Kier alpha value is -1.55. The van der Waals surface area contributed by atoms with Gasteiger partial charge in [-0.05, 0) is 56.4 Å². The van der Waals surface area contributed by atoms with E-state index in [-0.39, 0.29) is 23.7 Å². The minimum absolute atomic E-state index is 0.0229. The van der Waals surface area contributed by atoms with E-state index in [1.165, 1.54) is 5.56 Å². The largest absolute Gasteiger partial charge is 0.508 e. The maximum Gasteiger partial charge on any atom is 0.236 e. The summed E-state index contributed by atoms with van der Waals surface area (Å²) < 4.78 is 0. The van der Waals surface area contributed by atoms with Crippen LogP contribution in [0.3, 0.4) is 0 Å². The number of amides is 1. The molecule has 1 aliphatic rings. The van der Waals surface area contributed by atoms with Crippen LogP contribution in [0.2, 0.25) is 0 Å². The van der Waals surface area contributed by atoms with Crippen LogP contribution in [-0.4, -0.2) is 23.6 Å². The molecule has 0 bridgehead atoms. The van der Waals surface area contributed by atoms with Crippen LogP contribution in [0.1, 0.15) is 43.9 Å². The van der Waals surface area contributed by atoms with Gasteiger partial charge in [0.05, 0.1) is 6.04 Å². The van der Waals surface area contributed by atoms with Crippen LogP contribution >= 0.6 is 0 Å². The molecule has 0 spiro atoms. The van der Waals surface area contributed by atoms with Crippen molar-refractivity contribution in [3.63, 3.8) is 0 Å². The Kier molecular flexibility index (Phi) is 4.43. The summed E-state index contributed by atoms with van der Waals surface area (Å²) in [4.78, 5) is 11.8. The Bertz CT molecular complexity index is 459. The molecule has 4 nitrogen and oxygen atoms in total. The summed E-state index contributed by atoms with van der Waals surface area (Å²) in [6.45, 7) is 4.44. The van der Waals surface area contributed by atoms with Crippen LogP contribution in [0, 0.1) is 0 Å². The van der Waals surface area contributed by atoms with E-state index in [0.717, 1.165) is 24.8 Å². The number of carbonyl (C=O) groups is 1. The van der Waals surface area contributed by atoms with Gasteiger partial charge in [0.15, 0.2) is 0 Å². The van der Waals surface area contributed by atoms with Crippen LogP contribution in [0.4, 0.5) is 0 Å². The molecule has 2 rings (SSSR count). The molecule has 0 radical (unpaired) electrons. The maximum atomic E-state index is 11.8. The van der Waals surface area contributed by atoms with Crippen molar-refractivity contribution < 1.29 is 9.90 Å². The van der Waals surface area contributed by atoms with Crippen molar-refractivity contribution in [3.05, 3.63) is 29.3 Å². The smallest absolute Gasteiger partial charge is 0.236 e. The molecule has 1 aliphatic carbocycles. The van der Waals surface area contributed by atoms with Crippen LogP contribution in [0.5, 0.6) is 5.75 Å². The third-order valence-electron chi connectivity index (χ3n) is 3.64. The first-order chi connectivity index (χ1) is 9.11. The number of likely N-dealkylation sites (N-methyl/N-ethyl adjacent to an activating group) is 1. The second-order valence-electron chi connectivity index (χ2n) is 5.11. The lowest BCUT2D eigenvalue weighted by Gasteiger charge is -2.29. The van der Waals surface area contributed by atoms with Gasteiger partial charge in [0.2, 0.25) is 5.91 Å². The number of hydrogen-bond donors (Lipinski definition) is 3. The number of nitrogens with one attached hydrogen (secondary N) is 2. The Balaban J connectivity index is 2.11. The molecular formula is C15H22N2O2. The second-order valence-corrected chi connectivity index (χ2v) is 5.11. The van der Waals surface area contributed by atoms with Crippen molar-refractivity contribution in [2.24, 2.45) is 0 Å². The van der Waals surface area contributed by atoms with E-state index in [0.29, 0.717) is 6.54 Å². The molecule has 1 aromatic carbocycles. The van der Waals surface area contributed by atoms with Crippen LogP contribution in [0.15, 0.2) is 18.2 Å². The Morgan fingerprint density at radius 2 is 2.32 bits per heavy atom. The second kappa shape index (κ2) is 6.06. The van der Waals surface area contributed by atoms with E-state index >= 15 is 0 Å². The SMILES string of the molecule is CCNC(=O)C(C)NC1CCCc2ccc(O)cc21. The van der Waals surface area contributed by atoms with E-state index in [2.05, 4.69) is 10.6 Å². The quantitative estimate of drug-likeness (QED) is 0.776. The van der Waals surface area contributed by atoms with Gasteiger partial charge >= 0.3 is 0 Å². The number of phenolic OH excluding ortho intramolecular Hbond substituents is 1. The van der Waals surface area contributed by atoms with Gasteiger partial charge in [-0.1, -0.05) is 6.07 Å². The molecule has 2 atom stereocenters. The predicted molar refractivity (Wildman–Crippen MR) is 75.1 cm³/mol. The topological polar surface area (TPSA) is 61.4 Å². The molecule has 0 aliphatic heterocycles. The minimum Gasteiger partial charge on any atom is -0.508 e. The molecule has 19 heavy (non-hydrogen) atoms. The standard InChI is InChI=1S/C15H22N2O2/c1-3-16-15(19)10(2)17-14-6-4-5-11-7-8-12(18)9-13(11)14/h7-10,14,17-18H,3-6H2,1-2H3,(H,16,19). The molecule has 1 aromatic rings. The predicted octanol–water partition coefficient (Wildman–Crippen LogP) is 1.88. The lowest BCUT2D eigenvalue weighted by Crippen LogP contribution is -2.44. The molecule has 1 amide bonds. The molecule has 0 saturated carbocycles. The van der Waals surface area contributed by atoms with Crippen molar-refractivity contribution in [2.75, 3.05) is 6.54 Å². The van der Waals surface area contributed by atoms with Gasteiger partial charge in [-0.2, -0.15) is 0 Å². The Morgan fingerprint density at radius 1 is 1.53 bits per heavy atom. The monoisotopic (exact) mass is 262 g/mol. The van der Waals surface area contributed by atoms with Crippen molar-refractivity contribution in [1.29, 1.82) is 0 Å². The molecule has 4 heteroatoms. The molecule has 104 valence electrons. The number of rotatable bonds is 4. The van der Waals surface area contributed by atoms with Crippen LogP contribution in [-0.2, 0) is 11.2 Å². The summed E-state index contributed by atoms with van der Waals surface area (Å²) in [7, 11) is 0. The number of benzene rings is 1. The van der Waals surface area contributed by atoms with Gasteiger partial charge < -0.3 is 10.4 Å². The van der Waals surface area contributed by atoms with E-state index in [1.807, 2.05) is 26.0 Å². The first-order valence-electron chi connectivity index (χ1n) is 6.97. The highest BCUT2D eigenvalue weighted by molar-refractivity contribution is 5.81. The zero-order valence-electron chi connectivity index (χ0n) is 11.6.